The fraction of sp³-hybridized carbons (Fsp3) is 0.600. The van der Waals surface area contributed by atoms with E-state index in [1.54, 1.807) is 5.57 Å². The summed E-state index contributed by atoms with van der Waals surface area (Å²) in [5, 5.41) is 2.23. The summed E-state index contributed by atoms with van der Waals surface area (Å²) in [5.74, 6) is 2.44. The lowest BCUT2D eigenvalue weighted by molar-refractivity contribution is 0.365. The van der Waals surface area contributed by atoms with Gasteiger partial charge in [-0.3, -0.25) is 0 Å². The number of benzene rings is 1. The van der Waals surface area contributed by atoms with Crippen LogP contribution in [0, 0.1) is 11.8 Å². The van der Waals surface area contributed by atoms with Crippen LogP contribution in [0.5, 0.6) is 5.75 Å². The van der Waals surface area contributed by atoms with Gasteiger partial charge in [-0.15, -0.1) is 0 Å². The lowest BCUT2D eigenvalue weighted by atomic mass is 9.87. The van der Waals surface area contributed by atoms with Gasteiger partial charge < -0.3 is 4.74 Å². The van der Waals surface area contributed by atoms with Gasteiger partial charge in [-0.25, -0.2) is 0 Å². The summed E-state index contributed by atoms with van der Waals surface area (Å²) < 4.78 is 6.36. The van der Waals surface area contributed by atoms with Gasteiger partial charge in [-0.05, 0) is 52.5 Å². The van der Waals surface area contributed by atoms with Crippen LogP contribution in [0.15, 0.2) is 48.6 Å². The number of fused-ring (bicyclic) bond motifs is 1. The van der Waals surface area contributed by atoms with Gasteiger partial charge in [0.15, 0.2) is 0 Å². The molecule has 1 saturated carbocycles. The zero-order valence-electron chi connectivity index (χ0n) is 21.8. The number of halogens is 1. The zero-order chi connectivity index (χ0) is 24.2. The van der Waals surface area contributed by atoms with Crippen molar-refractivity contribution < 1.29 is 4.74 Å². The van der Waals surface area contributed by atoms with Crippen molar-refractivity contribution in [3.05, 3.63) is 59.2 Å². The van der Waals surface area contributed by atoms with Crippen molar-refractivity contribution in [1.29, 1.82) is 0 Å². The van der Waals surface area contributed by atoms with Crippen molar-refractivity contribution in [2.24, 2.45) is 11.8 Å². The lowest BCUT2D eigenvalue weighted by Crippen LogP contribution is -2.53. The van der Waals surface area contributed by atoms with Crippen LogP contribution in [0.3, 0.4) is 0 Å². The summed E-state index contributed by atoms with van der Waals surface area (Å²) >= 11 is 7.00. The van der Waals surface area contributed by atoms with Gasteiger partial charge in [-0.1, -0.05) is 127 Å². The molecule has 3 unspecified atom stereocenters. The Kier molecular flexibility index (Phi) is 8.78. The first-order valence-electron chi connectivity index (χ1n) is 13.2. The molecular weight excluding hydrogens is 440 g/mol. The molecule has 33 heavy (non-hydrogen) atoms. The molecule has 1 fully saturated rings. The van der Waals surface area contributed by atoms with Crippen LogP contribution < -0.4 is 9.92 Å². The Morgan fingerprint density at radius 1 is 1.18 bits per heavy atom. The third-order valence-electron chi connectivity index (χ3n) is 8.31. The maximum atomic E-state index is 7.00. The van der Waals surface area contributed by atoms with E-state index < -0.39 is 8.07 Å². The standard InChI is InChI=1S/C30H45ClOSi/c1-8-12-15-23-19-22-16-13-14-17-25(22)29(23)33(10-3,11-4)27-21-24(30(5,6)7)20-26(31)28(27)32-18-9-2/h9,13-14,17,20-23,29H,2,8,10-12,15-16,18-19H2,1,3-7H3. The Labute approximate surface area is 209 Å². The topological polar surface area (TPSA) is 9.23 Å². The molecule has 0 N–H and O–H groups in total. The third kappa shape index (κ3) is 5.22. The summed E-state index contributed by atoms with van der Waals surface area (Å²) in [6.07, 6.45) is 15.5. The summed E-state index contributed by atoms with van der Waals surface area (Å²) in [7, 11) is -1.99. The third-order valence-corrected chi connectivity index (χ3v) is 14.6. The molecule has 3 rings (SSSR count). The van der Waals surface area contributed by atoms with E-state index >= 15 is 0 Å². The highest BCUT2D eigenvalue weighted by molar-refractivity contribution is 6.94. The minimum atomic E-state index is -1.99. The van der Waals surface area contributed by atoms with Gasteiger partial charge in [0.1, 0.15) is 12.4 Å². The molecule has 2 aliphatic rings. The smallest absolute Gasteiger partial charge is 0.137 e. The van der Waals surface area contributed by atoms with E-state index in [1.807, 2.05) is 6.08 Å². The Morgan fingerprint density at radius 3 is 2.52 bits per heavy atom. The van der Waals surface area contributed by atoms with E-state index in [-0.39, 0.29) is 5.41 Å². The van der Waals surface area contributed by atoms with Crippen LogP contribution in [0.1, 0.15) is 79.2 Å². The van der Waals surface area contributed by atoms with Crippen LogP contribution in [-0.4, -0.2) is 14.7 Å². The van der Waals surface area contributed by atoms with Crippen molar-refractivity contribution in [3.63, 3.8) is 0 Å². The van der Waals surface area contributed by atoms with Crippen LogP contribution in [0.25, 0.3) is 0 Å². The molecule has 0 bridgehead atoms. The van der Waals surface area contributed by atoms with Crippen molar-refractivity contribution in [1.82, 2.24) is 0 Å². The van der Waals surface area contributed by atoms with E-state index in [1.165, 1.54) is 54.9 Å². The first-order chi connectivity index (χ1) is 15.7. The Hall–Kier alpha value is -1.25. The van der Waals surface area contributed by atoms with Crippen molar-refractivity contribution >= 4 is 24.9 Å². The van der Waals surface area contributed by atoms with Gasteiger partial charge in [0.05, 0.1) is 13.1 Å². The first kappa shape index (κ1) is 26.4. The van der Waals surface area contributed by atoms with Crippen LogP contribution in [-0.2, 0) is 5.41 Å². The Balaban J connectivity index is 2.26. The monoisotopic (exact) mass is 484 g/mol. The molecule has 0 radical (unpaired) electrons. The van der Waals surface area contributed by atoms with Gasteiger partial charge in [0, 0.05) is 0 Å². The molecule has 0 saturated heterocycles. The molecule has 0 aromatic heterocycles. The lowest BCUT2D eigenvalue weighted by Gasteiger charge is -2.42. The molecule has 1 nitrogen and oxygen atoms in total. The average molecular weight is 485 g/mol. The molecule has 0 heterocycles. The van der Waals surface area contributed by atoms with Gasteiger partial charge in [0.2, 0.25) is 0 Å². The van der Waals surface area contributed by atoms with Crippen molar-refractivity contribution in [2.75, 3.05) is 6.61 Å². The molecule has 1 aromatic carbocycles. The highest BCUT2D eigenvalue weighted by Gasteiger charge is 2.52. The number of hydrogen-bond donors (Lipinski definition) is 0. The zero-order valence-corrected chi connectivity index (χ0v) is 23.6. The minimum Gasteiger partial charge on any atom is -0.488 e. The quantitative estimate of drug-likeness (QED) is 0.238. The highest BCUT2D eigenvalue weighted by Crippen LogP contribution is 2.56. The second-order valence-electron chi connectivity index (χ2n) is 11.2. The Morgan fingerprint density at radius 2 is 1.91 bits per heavy atom. The average Bonchev–Trinajstić information content (AvgIpc) is 3.16. The minimum absolute atomic E-state index is 0.0453. The first-order valence-corrected chi connectivity index (χ1v) is 16.0. The molecule has 3 heteroatoms. The molecule has 0 spiro atoms. The molecule has 1 aromatic rings. The van der Waals surface area contributed by atoms with E-state index in [9.17, 15) is 0 Å². The molecular formula is C30H45ClOSi. The molecule has 3 atom stereocenters. The van der Waals surface area contributed by atoms with E-state index in [0.29, 0.717) is 12.1 Å². The number of ether oxygens (including phenoxy) is 1. The normalized spacial score (nSPS) is 22.8. The maximum absolute atomic E-state index is 7.00. The van der Waals surface area contributed by atoms with E-state index in [0.717, 1.165) is 22.6 Å². The number of rotatable bonds is 10. The van der Waals surface area contributed by atoms with Crippen LogP contribution in [0.4, 0.5) is 0 Å². The van der Waals surface area contributed by atoms with Gasteiger partial charge in [0.25, 0.3) is 0 Å². The van der Waals surface area contributed by atoms with Crippen LogP contribution >= 0.6 is 11.6 Å². The summed E-state index contributed by atoms with van der Waals surface area (Å²) in [6.45, 7) is 18.5. The molecule has 0 aliphatic heterocycles. The SMILES string of the molecule is C=CCOc1c(Cl)cc(C(C)(C)C)cc1[Si](CC)(CC)C1C2=CC=CCC2CC1CCCC. The summed E-state index contributed by atoms with van der Waals surface area (Å²) in [6, 6.07) is 7.08. The largest absolute Gasteiger partial charge is 0.488 e. The fourth-order valence-electron chi connectivity index (χ4n) is 6.50. The van der Waals surface area contributed by atoms with Gasteiger partial charge >= 0.3 is 0 Å². The molecule has 2 aliphatic carbocycles. The Bertz CT molecular complexity index is 887. The predicted molar refractivity (Wildman–Crippen MR) is 149 cm³/mol. The van der Waals surface area contributed by atoms with Crippen molar-refractivity contribution in [2.45, 2.75) is 96.7 Å². The molecule has 0 amide bonds. The maximum Gasteiger partial charge on any atom is 0.137 e. The fourth-order valence-corrected chi connectivity index (χ4v) is 12.6. The second-order valence-corrected chi connectivity index (χ2v) is 16.5. The number of allylic oxidation sites excluding steroid dienone is 4. The summed E-state index contributed by atoms with van der Waals surface area (Å²) in [4.78, 5) is 0. The van der Waals surface area contributed by atoms with E-state index in [2.05, 4.69) is 78.5 Å². The summed E-state index contributed by atoms with van der Waals surface area (Å²) in [5.41, 5.74) is 3.78. The van der Waals surface area contributed by atoms with Gasteiger partial charge in [-0.2, -0.15) is 0 Å². The second kappa shape index (κ2) is 11.0. The molecule has 182 valence electrons. The van der Waals surface area contributed by atoms with E-state index in [4.69, 9.17) is 16.3 Å². The van der Waals surface area contributed by atoms with Crippen molar-refractivity contribution in [3.8, 4) is 5.75 Å². The number of unbranched alkanes of at least 4 members (excludes halogenated alkanes) is 1. The predicted octanol–water partition coefficient (Wildman–Crippen LogP) is 8.98. The highest BCUT2D eigenvalue weighted by atomic mass is 35.5. The number of hydrogen-bond acceptors (Lipinski definition) is 1. The van der Waals surface area contributed by atoms with Crippen LogP contribution in [0.2, 0.25) is 22.7 Å².